The van der Waals surface area contributed by atoms with Gasteiger partial charge in [0.25, 0.3) is 0 Å². The van der Waals surface area contributed by atoms with Crippen LogP contribution >= 0.6 is 46.6 Å². The van der Waals surface area contributed by atoms with Crippen LogP contribution in [-0.2, 0) is 0 Å². The molecule has 0 radical (unpaired) electrons. The van der Waals surface area contributed by atoms with Gasteiger partial charge in [0.1, 0.15) is 5.82 Å². The highest BCUT2D eigenvalue weighted by Gasteiger charge is 2.10. The normalized spacial score (nSPS) is 10.7. The number of halogens is 4. The molecule has 0 amide bonds. The standard InChI is InChI=1S/C12H7Cl3FNS/c13-6-1-2-7(14)11(3-6)18-12-4-8(15)9(16)5-10(12)17/h1-5H,17H2. The van der Waals surface area contributed by atoms with Crippen LogP contribution in [0.1, 0.15) is 0 Å². The molecule has 0 spiro atoms. The molecule has 0 heterocycles. The molecule has 0 aliphatic carbocycles. The zero-order valence-electron chi connectivity index (χ0n) is 8.88. The predicted molar refractivity (Wildman–Crippen MR) is 76.4 cm³/mol. The third kappa shape index (κ3) is 3.04. The van der Waals surface area contributed by atoms with Gasteiger partial charge in [0.15, 0.2) is 0 Å². The summed E-state index contributed by atoms with van der Waals surface area (Å²) in [6.45, 7) is 0. The Bertz CT molecular complexity index is 604. The van der Waals surface area contributed by atoms with Gasteiger partial charge in [-0.05, 0) is 30.3 Å². The number of nitrogen functional groups attached to an aromatic ring is 1. The van der Waals surface area contributed by atoms with Gasteiger partial charge in [-0.3, -0.25) is 0 Å². The van der Waals surface area contributed by atoms with Crippen molar-refractivity contribution in [2.75, 3.05) is 5.73 Å². The number of hydrogen-bond donors (Lipinski definition) is 1. The Hall–Kier alpha value is -0.610. The highest BCUT2D eigenvalue weighted by Crippen LogP contribution is 2.39. The zero-order chi connectivity index (χ0) is 13.3. The van der Waals surface area contributed by atoms with E-state index in [1.807, 2.05) is 0 Å². The molecule has 0 atom stereocenters. The molecule has 0 fully saturated rings. The molecule has 2 aromatic carbocycles. The minimum Gasteiger partial charge on any atom is -0.398 e. The molecule has 0 aliphatic heterocycles. The maximum absolute atomic E-state index is 13.2. The molecule has 0 saturated carbocycles. The van der Waals surface area contributed by atoms with Crippen LogP contribution in [0.2, 0.25) is 15.1 Å². The van der Waals surface area contributed by atoms with E-state index >= 15 is 0 Å². The first kappa shape index (κ1) is 13.8. The number of hydrogen-bond acceptors (Lipinski definition) is 2. The molecule has 94 valence electrons. The molecular formula is C12H7Cl3FNS. The molecule has 6 heteroatoms. The lowest BCUT2D eigenvalue weighted by molar-refractivity contribution is 0.628. The van der Waals surface area contributed by atoms with Gasteiger partial charge in [0, 0.05) is 20.5 Å². The molecule has 0 bridgehead atoms. The van der Waals surface area contributed by atoms with Crippen molar-refractivity contribution in [3.8, 4) is 0 Å². The van der Waals surface area contributed by atoms with Gasteiger partial charge in [-0.25, -0.2) is 4.39 Å². The molecule has 18 heavy (non-hydrogen) atoms. The molecule has 2 aromatic rings. The van der Waals surface area contributed by atoms with Crippen molar-refractivity contribution >= 4 is 52.3 Å². The van der Waals surface area contributed by atoms with E-state index in [1.165, 1.54) is 23.9 Å². The van der Waals surface area contributed by atoms with E-state index in [-0.39, 0.29) is 5.02 Å². The maximum atomic E-state index is 13.2. The van der Waals surface area contributed by atoms with Crippen LogP contribution in [0.25, 0.3) is 0 Å². The van der Waals surface area contributed by atoms with Gasteiger partial charge in [0.05, 0.1) is 10.0 Å². The number of rotatable bonds is 2. The first-order valence-electron chi connectivity index (χ1n) is 4.85. The summed E-state index contributed by atoms with van der Waals surface area (Å²) >= 11 is 18.9. The average molecular weight is 323 g/mol. The Morgan fingerprint density at radius 1 is 0.944 bits per heavy atom. The second kappa shape index (κ2) is 5.57. The van der Waals surface area contributed by atoms with E-state index in [4.69, 9.17) is 40.5 Å². The Kier molecular flexibility index (Phi) is 4.28. The van der Waals surface area contributed by atoms with Gasteiger partial charge in [-0.1, -0.05) is 46.6 Å². The first-order valence-corrected chi connectivity index (χ1v) is 6.80. The summed E-state index contributed by atoms with van der Waals surface area (Å²) < 4.78 is 13.2. The van der Waals surface area contributed by atoms with Gasteiger partial charge < -0.3 is 5.73 Å². The summed E-state index contributed by atoms with van der Waals surface area (Å²) in [6.07, 6.45) is 0. The lowest BCUT2D eigenvalue weighted by atomic mass is 10.3. The summed E-state index contributed by atoms with van der Waals surface area (Å²) in [5.74, 6) is -0.546. The molecule has 2 N–H and O–H groups in total. The third-order valence-electron chi connectivity index (χ3n) is 2.17. The molecule has 0 aromatic heterocycles. The molecule has 0 saturated heterocycles. The maximum Gasteiger partial charge on any atom is 0.143 e. The van der Waals surface area contributed by atoms with Gasteiger partial charge in [-0.15, -0.1) is 0 Å². The Morgan fingerprint density at radius 2 is 1.67 bits per heavy atom. The predicted octanol–water partition coefficient (Wildman–Crippen LogP) is 5.52. The van der Waals surface area contributed by atoms with E-state index in [0.29, 0.717) is 20.6 Å². The van der Waals surface area contributed by atoms with E-state index in [1.54, 1.807) is 18.2 Å². The minimum absolute atomic E-state index is 0.0184. The number of benzene rings is 2. The molecule has 0 aliphatic rings. The molecule has 1 nitrogen and oxygen atoms in total. The fourth-order valence-corrected chi connectivity index (χ4v) is 2.95. The number of anilines is 1. The van der Waals surface area contributed by atoms with Crippen LogP contribution in [0.15, 0.2) is 40.1 Å². The van der Waals surface area contributed by atoms with E-state index in [9.17, 15) is 4.39 Å². The quantitative estimate of drug-likeness (QED) is 0.737. The molecule has 2 rings (SSSR count). The largest absolute Gasteiger partial charge is 0.398 e. The van der Waals surface area contributed by atoms with Crippen molar-refractivity contribution < 1.29 is 4.39 Å². The van der Waals surface area contributed by atoms with Gasteiger partial charge >= 0.3 is 0 Å². The first-order chi connectivity index (χ1) is 8.47. The minimum atomic E-state index is -0.546. The smallest absolute Gasteiger partial charge is 0.143 e. The monoisotopic (exact) mass is 321 g/mol. The van der Waals surface area contributed by atoms with Crippen LogP contribution in [0.3, 0.4) is 0 Å². The van der Waals surface area contributed by atoms with Crippen molar-refractivity contribution in [2.24, 2.45) is 0 Å². The topological polar surface area (TPSA) is 26.0 Å². The van der Waals surface area contributed by atoms with Crippen molar-refractivity contribution in [3.63, 3.8) is 0 Å². The second-order valence-electron chi connectivity index (χ2n) is 3.48. The summed E-state index contributed by atoms with van der Waals surface area (Å²) in [5, 5.41) is 1.13. The lowest BCUT2D eigenvalue weighted by Gasteiger charge is -2.08. The van der Waals surface area contributed by atoms with E-state index < -0.39 is 5.82 Å². The van der Waals surface area contributed by atoms with Crippen LogP contribution in [0.5, 0.6) is 0 Å². The summed E-state index contributed by atoms with van der Waals surface area (Å²) in [7, 11) is 0. The fourth-order valence-electron chi connectivity index (χ4n) is 1.31. The van der Waals surface area contributed by atoms with Crippen LogP contribution in [0, 0.1) is 5.82 Å². The SMILES string of the molecule is Nc1cc(F)c(Cl)cc1Sc1cc(Cl)ccc1Cl. The van der Waals surface area contributed by atoms with Crippen molar-refractivity contribution in [3.05, 3.63) is 51.2 Å². The molecule has 0 unspecified atom stereocenters. The van der Waals surface area contributed by atoms with E-state index in [0.717, 1.165) is 4.90 Å². The zero-order valence-corrected chi connectivity index (χ0v) is 12.0. The van der Waals surface area contributed by atoms with Crippen LogP contribution < -0.4 is 5.73 Å². The Balaban J connectivity index is 2.40. The fraction of sp³-hybridized carbons (Fsp3) is 0. The van der Waals surface area contributed by atoms with Gasteiger partial charge in [0.2, 0.25) is 0 Å². The van der Waals surface area contributed by atoms with Crippen LogP contribution in [-0.4, -0.2) is 0 Å². The van der Waals surface area contributed by atoms with Gasteiger partial charge in [-0.2, -0.15) is 0 Å². The average Bonchev–Trinajstić information content (AvgIpc) is 2.30. The Morgan fingerprint density at radius 3 is 2.39 bits per heavy atom. The van der Waals surface area contributed by atoms with E-state index in [2.05, 4.69) is 0 Å². The third-order valence-corrected chi connectivity index (χ3v) is 4.26. The lowest BCUT2D eigenvalue weighted by Crippen LogP contribution is -1.91. The summed E-state index contributed by atoms with van der Waals surface area (Å²) in [4.78, 5) is 1.36. The highest BCUT2D eigenvalue weighted by molar-refractivity contribution is 7.99. The molecular weight excluding hydrogens is 316 g/mol. The van der Waals surface area contributed by atoms with Crippen molar-refractivity contribution in [1.29, 1.82) is 0 Å². The summed E-state index contributed by atoms with van der Waals surface area (Å²) in [5.41, 5.74) is 6.03. The number of nitrogens with two attached hydrogens (primary N) is 1. The second-order valence-corrected chi connectivity index (χ2v) is 5.82. The van der Waals surface area contributed by atoms with Crippen molar-refractivity contribution in [2.45, 2.75) is 9.79 Å². The summed E-state index contributed by atoms with van der Waals surface area (Å²) in [6, 6.07) is 7.74. The Labute approximate surface area is 123 Å². The highest BCUT2D eigenvalue weighted by atomic mass is 35.5. The van der Waals surface area contributed by atoms with Crippen LogP contribution in [0.4, 0.5) is 10.1 Å². The van der Waals surface area contributed by atoms with Crippen molar-refractivity contribution in [1.82, 2.24) is 0 Å².